The third-order valence-corrected chi connectivity index (χ3v) is 2.78. The summed E-state index contributed by atoms with van der Waals surface area (Å²) in [4.78, 5) is 17.9. The highest BCUT2D eigenvalue weighted by Crippen LogP contribution is 2.09. The van der Waals surface area contributed by atoms with E-state index in [-0.39, 0.29) is 11.9 Å². The second kappa shape index (κ2) is 5.80. The first-order valence-electron chi connectivity index (χ1n) is 6.14. The van der Waals surface area contributed by atoms with E-state index in [1.54, 1.807) is 18.1 Å². The van der Waals surface area contributed by atoms with E-state index in [9.17, 15) is 4.79 Å². The summed E-state index contributed by atoms with van der Waals surface area (Å²) >= 11 is 0. The fourth-order valence-electron chi connectivity index (χ4n) is 1.56. The molecule has 0 aromatic carbocycles. The zero-order valence-electron chi connectivity index (χ0n) is 11.4. The van der Waals surface area contributed by atoms with Gasteiger partial charge in [0.2, 0.25) is 0 Å². The Kier molecular flexibility index (Phi) is 4.67. The zero-order chi connectivity index (χ0) is 13.0. The summed E-state index contributed by atoms with van der Waals surface area (Å²) in [6.45, 7) is 8.33. The molecule has 0 saturated heterocycles. The molecule has 0 unspecified atom stereocenters. The Hall–Kier alpha value is -1.38. The quantitative estimate of drug-likeness (QED) is 0.802. The lowest BCUT2D eigenvalue weighted by atomic mass is 10.0. The van der Waals surface area contributed by atoms with Crippen LogP contribution in [0.3, 0.4) is 0 Å². The van der Waals surface area contributed by atoms with Crippen LogP contribution >= 0.6 is 0 Å². The molecule has 0 saturated carbocycles. The van der Waals surface area contributed by atoms with Crippen molar-refractivity contribution in [3.63, 3.8) is 0 Å². The number of pyridine rings is 1. The summed E-state index contributed by atoms with van der Waals surface area (Å²) in [7, 11) is 1.80. The van der Waals surface area contributed by atoms with Crippen LogP contribution in [0.1, 0.15) is 43.7 Å². The minimum atomic E-state index is -0.0175. The van der Waals surface area contributed by atoms with E-state index in [0.717, 1.165) is 6.42 Å². The van der Waals surface area contributed by atoms with Crippen molar-refractivity contribution in [3.05, 3.63) is 29.6 Å². The average molecular weight is 234 g/mol. The lowest BCUT2D eigenvalue weighted by molar-refractivity contribution is 0.0749. The molecule has 0 fully saturated rings. The van der Waals surface area contributed by atoms with E-state index >= 15 is 0 Å². The molecule has 1 heterocycles. The van der Waals surface area contributed by atoms with Crippen LogP contribution in [0.25, 0.3) is 0 Å². The Labute approximate surface area is 104 Å². The van der Waals surface area contributed by atoms with Crippen molar-refractivity contribution in [2.24, 2.45) is 5.92 Å². The number of hydrogen-bond donors (Lipinski definition) is 0. The summed E-state index contributed by atoms with van der Waals surface area (Å²) in [5, 5.41) is 0. The second-order valence-electron chi connectivity index (χ2n) is 5.16. The maximum atomic E-state index is 12.0. The van der Waals surface area contributed by atoms with Crippen molar-refractivity contribution < 1.29 is 4.79 Å². The second-order valence-corrected chi connectivity index (χ2v) is 5.16. The summed E-state index contributed by atoms with van der Waals surface area (Å²) < 4.78 is 0. The molecule has 0 atom stereocenters. The summed E-state index contributed by atoms with van der Waals surface area (Å²) in [6.07, 6.45) is 2.81. The number of carbonyl (C=O) groups excluding carboxylic acids is 1. The number of amides is 1. The highest BCUT2D eigenvalue weighted by atomic mass is 16.2. The Balaban J connectivity index is 2.77. The first-order chi connectivity index (χ1) is 7.91. The first kappa shape index (κ1) is 13.7. The number of carbonyl (C=O) groups is 1. The van der Waals surface area contributed by atoms with E-state index in [4.69, 9.17) is 0 Å². The topological polar surface area (TPSA) is 33.2 Å². The van der Waals surface area contributed by atoms with Gasteiger partial charge in [0.25, 0.3) is 5.91 Å². The van der Waals surface area contributed by atoms with Gasteiger partial charge in [0, 0.05) is 19.3 Å². The number of rotatable bonds is 4. The fourth-order valence-corrected chi connectivity index (χ4v) is 1.56. The van der Waals surface area contributed by atoms with Crippen LogP contribution in [0, 0.1) is 5.92 Å². The molecule has 0 aliphatic heterocycles. The SMILES string of the molecule is CC(C)Cc1ccc(C(=O)N(C)C(C)C)nc1. The maximum absolute atomic E-state index is 12.0. The Morgan fingerprint density at radius 1 is 1.29 bits per heavy atom. The normalized spacial score (nSPS) is 11.0. The van der Waals surface area contributed by atoms with Gasteiger partial charge < -0.3 is 4.90 Å². The molecule has 0 bridgehead atoms. The van der Waals surface area contributed by atoms with Gasteiger partial charge in [-0.25, -0.2) is 0 Å². The number of aromatic nitrogens is 1. The first-order valence-corrected chi connectivity index (χ1v) is 6.14. The molecular weight excluding hydrogens is 212 g/mol. The van der Waals surface area contributed by atoms with Crippen molar-refractivity contribution >= 4 is 5.91 Å². The molecule has 1 aromatic heterocycles. The summed E-state index contributed by atoms with van der Waals surface area (Å²) in [5.74, 6) is 0.591. The number of nitrogens with zero attached hydrogens (tertiary/aromatic N) is 2. The molecule has 0 aliphatic rings. The molecule has 3 heteroatoms. The molecule has 1 amide bonds. The van der Waals surface area contributed by atoms with E-state index in [1.807, 2.05) is 26.0 Å². The van der Waals surface area contributed by atoms with E-state index < -0.39 is 0 Å². The molecule has 3 nitrogen and oxygen atoms in total. The van der Waals surface area contributed by atoms with Gasteiger partial charge in [0.05, 0.1) is 0 Å². The molecule has 94 valence electrons. The molecule has 0 N–H and O–H groups in total. The van der Waals surface area contributed by atoms with Crippen molar-refractivity contribution in [1.29, 1.82) is 0 Å². The van der Waals surface area contributed by atoms with E-state index in [0.29, 0.717) is 11.6 Å². The molecular formula is C14H22N2O. The third kappa shape index (κ3) is 3.84. The van der Waals surface area contributed by atoms with Crippen LogP contribution in [-0.2, 0) is 6.42 Å². The molecule has 0 radical (unpaired) electrons. The summed E-state index contributed by atoms with van der Waals surface area (Å²) in [6, 6.07) is 4.01. The smallest absolute Gasteiger partial charge is 0.272 e. The van der Waals surface area contributed by atoms with Gasteiger partial charge in [-0.2, -0.15) is 0 Å². The van der Waals surface area contributed by atoms with Gasteiger partial charge in [-0.1, -0.05) is 19.9 Å². The van der Waals surface area contributed by atoms with Gasteiger partial charge in [-0.15, -0.1) is 0 Å². The predicted octanol–water partition coefficient (Wildman–Crippen LogP) is 2.76. The van der Waals surface area contributed by atoms with E-state index in [2.05, 4.69) is 18.8 Å². The molecule has 0 aliphatic carbocycles. The molecule has 17 heavy (non-hydrogen) atoms. The van der Waals surface area contributed by atoms with Crippen LogP contribution in [0.5, 0.6) is 0 Å². The fraction of sp³-hybridized carbons (Fsp3) is 0.571. The standard InChI is InChI=1S/C14H22N2O/c1-10(2)8-12-6-7-13(15-9-12)14(17)16(5)11(3)4/h6-7,9-11H,8H2,1-5H3. The molecule has 0 spiro atoms. The van der Waals surface area contributed by atoms with Crippen molar-refractivity contribution in [2.45, 2.75) is 40.2 Å². The Morgan fingerprint density at radius 2 is 1.94 bits per heavy atom. The van der Waals surface area contributed by atoms with Crippen molar-refractivity contribution in [3.8, 4) is 0 Å². The predicted molar refractivity (Wildman–Crippen MR) is 70.0 cm³/mol. The van der Waals surface area contributed by atoms with Gasteiger partial charge >= 0.3 is 0 Å². The van der Waals surface area contributed by atoms with Crippen molar-refractivity contribution in [1.82, 2.24) is 9.88 Å². The van der Waals surface area contributed by atoms with E-state index in [1.165, 1.54) is 5.56 Å². The zero-order valence-corrected chi connectivity index (χ0v) is 11.4. The molecule has 1 rings (SSSR count). The minimum Gasteiger partial charge on any atom is -0.338 e. The lowest BCUT2D eigenvalue weighted by Crippen LogP contribution is -2.33. The van der Waals surface area contributed by atoms with Crippen molar-refractivity contribution in [2.75, 3.05) is 7.05 Å². The number of hydrogen-bond acceptors (Lipinski definition) is 2. The van der Waals surface area contributed by atoms with Crippen LogP contribution in [0.15, 0.2) is 18.3 Å². The van der Waals surface area contributed by atoms with Crippen LogP contribution in [0.2, 0.25) is 0 Å². The van der Waals surface area contributed by atoms with Gasteiger partial charge in [-0.3, -0.25) is 9.78 Å². The van der Waals surface area contributed by atoms with Crippen LogP contribution in [-0.4, -0.2) is 28.9 Å². The molecule has 1 aromatic rings. The Bertz CT molecular complexity index is 368. The van der Waals surface area contributed by atoms with Crippen LogP contribution in [0.4, 0.5) is 0 Å². The lowest BCUT2D eigenvalue weighted by Gasteiger charge is -2.20. The van der Waals surface area contributed by atoms with Gasteiger partial charge in [0.1, 0.15) is 5.69 Å². The third-order valence-electron chi connectivity index (χ3n) is 2.78. The van der Waals surface area contributed by atoms with Gasteiger partial charge in [-0.05, 0) is 37.8 Å². The highest BCUT2D eigenvalue weighted by molar-refractivity contribution is 5.92. The Morgan fingerprint density at radius 3 is 2.35 bits per heavy atom. The largest absolute Gasteiger partial charge is 0.338 e. The van der Waals surface area contributed by atoms with Crippen LogP contribution < -0.4 is 0 Å². The van der Waals surface area contributed by atoms with Gasteiger partial charge in [0.15, 0.2) is 0 Å². The summed E-state index contributed by atoms with van der Waals surface area (Å²) in [5.41, 5.74) is 1.71. The monoisotopic (exact) mass is 234 g/mol. The maximum Gasteiger partial charge on any atom is 0.272 e. The average Bonchev–Trinajstić information content (AvgIpc) is 2.27. The minimum absolute atomic E-state index is 0.0175. The highest BCUT2D eigenvalue weighted by Gasteiger charge is 2.15.